The summed E-state index contributed by atoms with van der Waals surface area (Å²) in [6.07, 6.45) is 6.47. The van der Waals surface area contributed by atoms with E-state index in [0.29, 0.717) is 6.42 Å². The molecule has 3 rings (SSSR count). The second-order valence-electron chi connectivity index (χ2n) is 5.85. The minimum absolute atomic E-state index is 0.203. The molecule has 0 aliphatic rings. The monoisotopic (exact) mass is 292 g/mol. The van der Waals surface area contributed by atoms with Crippen LogP contribution < -0.4 is 0 Å². The number of aromatic nitrogens is 1. The molecule has 0 saturated carbocycles. The van der Waals surface area contributed by atoms with Gasteiger partial charge in [-0.15, -0.1) is 0 Å². The van der Waals surface area contributed by atoms with E-state index in [2.05, 4.69) is 19.1 Å². The van der Waals surface area contributed by atoms with E-state index in [1.54, 1.807) is 0 Å². The summed E-state index contributed by atoms with van der Waals surface area (Å²) in [5, 5.41) is 2.24. The topological polar surface area (TPSA) is 22.0 Å². The molecular weight excluding hydrogens is 270 g/mol. The highest BCUT2D eigenvalue weighted by Gasteiger charge is 2.14. The first kappa shape index (κ1) is 14.8. The van der Waals surface area contributed by atoms with Gasteiger partial charge in [-0.3, -0.25) is 9.36 Å². The fourth-order valence-corrected chi connectivity index (χ4v) is 3.12. The predicted octanol–water partition coefficient (Wildman–Crippen LogP) is 5.60. The zero-order valence-corrected chi connectivity index (χ0v) is 13.1. The number of rotatable bonds is 6. The van der Waals surface area contributed by atoms with Crippen LogP contribution >= 0.6 is 0 Å². The highest BCUT2D eigenvalue weighted by molar-refractivity contribution is 6.13. The molecule has 0 aliphatic heterocycles. The number of carbonyl (C=O) groups is 1. The van der Waals surface area contributed by atoms with Crippen molar-refractivity contribution in [3.8, 4) is 0 Å². The maximum Gasteiger partial charge on any atom is 0.231 e. The van der Waals surface area contributed by atoms with Crippen molar-refractivity contribution in [3.63, 3.8) is 0 Å². The lowest BCUT2D eigenvalue weighted by atomic mass is 10.1. The zero-order valence-electron chi connectivity index (χ0n) is 13.1. The molecule has 0 amide bonds. The summed E-state index contributed by atoms with van der Waals surface area (Å²) < 4.78 is 1.89. The standard InChI is InChI=1S/C20H22NO/c1-2-3-4-5-6-15-20(22)21-18-13-9-7-11-16(18)17-12-8-10-14-19(17)21/h7,9-14H,2-6,15H2,1H3. The minimum atomic E-state index is 0.203. The van der Waals surface area contributed by atoms with Crippen LogP contribution in [-0.2, 0) is 0 Å². The molecular formula is C20H22NO. The molecule has 0 bridgehead atoms. The first-order chi connectivity index (χ1) is 10.8. The lowest BCUT2D eigenvalue weighted by Crippen LogP contribution is -2.09. The average Bonchev–Trinajstić information content (AvgIpc) is 2.89. The van der Waals surface area contributed by atoms with Crippen molar-refractivity contribution in [2.75, 3.05) is 0 Å². The second-order valence-corrected chi connectivity index (χ2v) is 5.85. The van der Waals surface area contributed by atoms with Gasteiger partial charge in [0.25, 0.3) is 0 Å². The first-order valence-corrected chi connectivity index (χ1v) is 8.25. The van der Waals surface area contributed by atoms with Crippen molar-refractivity contribution in [3.05, 3.63) is 48.5 Å². The molecule has 2 aromatic carbocycles. The molecule has 0 aliphatic carbocycles. The molecule has 3 aromatic rings. The molecule has 0 unspecified atom stereocenters. The van der Waals surface area contributed by atoms with Crippen LogP contribution in [-0.4, -0.2) is 10.5 Å². The molecule has 0 atom stereocenters. The molecule has 0 fully saturated rings. The van der Waals surface area contributed by atoms with Gasteiger partial charge in [-0.2, -0.15) is 0 Å². The molecule has 1 radical (unpaired) electrons. The lowest BCUT2D eigenvalue weighted by molar-refractivity contribution is 0.0909. The SMILES string of the molecule is CCCCCCCC(=O)n1c2cc[c]cc2c2ccccc21. The van der Waals surface area contributed by atoms with Gasteiger partial charge in [0.15, 0.2) is 0 Å². The summed E-state index contributed by atoms with van der Waals surface area (Å²) in [5.74, 6) is 0.203. The van der Waals surface area contributed by atoms with Crippen LogP contribution in [0.3, 0.4) is 0 Å². The van der Waals surface area contributed by atoms with Gasteiger partial charge in [0.1, 0.15) is 0 Å². The van der Waals surface area contributed by atoms with Gasteiger partial charge in [-0.1, -0.05) is 56.9 Å². The zero-order chi connectivity index (χ0) is 15.4. The van der Waals surface area contributed by atoms with E-state index >= 15 is 0 Å². The molecule has 1 aromatic heterocycles. The Morgan fingerprint density at radius 1 is 1.00 bits per heavy atom. The van der Waals surface area contributed by atoms with E-state index in [0.717, 1.165) is 34.6 Å². The molecule has 0 spiro atoms. The Labute approximate surface area is 131 Å². The number of para-hydroxylation sites is 1. The molecule has 1 heterocycles. The number of nitrogens with zero attached hydrogens (tertiary/aromatic N) is 1. The number of fused-ring (bicyclic) bond motifs is 3. The van der Waals surface area contributed by atoms with Crippen molar-refractivity contribution < 1.29 is 4.79 Å². The number of hydrogen-bond donors (Lipinski definition) is 0. The van der Waals surface area contributed by atoms with Crippen molar-refractivity contribution in [2.45, 2.75) is 45.4 Å². The van der Waals surface area contributed by atoms with Gasteiger partial charge in [0, 0.05) is 17.2 Å². The van der Waals surface area contributed by atoms with Crippen LogP contribution in [0.1, 0.15) is 50.2 Å². The fraction of sp³-hybridized carbons (Fsp3) is 0.350. The summed E-state index contributed by atoms with van der Waals surface area (Å²) >= 11 is 0. The van der Waals surface area contributed by atoms with Crippen LogP contribution in [0, 0.1) is 6.07 Å². The van der Waals surface area contributed by atoms with Gasteiger partial charge in [0.05, 0.1) is 11.0 Å². The third kappa shape index (κ3) is 2.78. The summed E-state index contributed by atoms with van der Waals surface area (Å²) in [5.41, 5.74) is 2.01. The van der Waals surface area contributed by atoms with E-state index in [1.165, 1.54) is 19.3 Å². The van der Waals surface area contributed by atoms with E-state index < -0.39 is 0 Å². The highest BCUT2D eigenvalue weighted by atomic mass is 16.2. The maximum atomic E-state index is 12.7. The number of benzene rings is 2. The quantitative estimate of drug-likeness (QED) is 0.542. The van der Waals surface area contributed by atoms with Gasteiger partial charge in [0.2, 0.25) is 5.91 Å². The van der Waals surface area contributed by atoms with Crippen molar-refractivity contribution >= 4 is 27.7 Å². The molecule has 22 heavy (non-hydrogen) atoms. The number of hydrogen-bond acceptors (Lipinski definition) is 1. The minimum Gasteiger partial charge on any atom is -0.280 e. The van der Waals surface area contributed by atoms with Gasteiger partial charge >= 0.3 is 0 Å². The van der Waals surface area contributed by atoms with Crippen LogP contribution in [0.15, 0.2) is 42.5 Å². The van der Waals surface area contributed by atoms with Crippen molar-refractivity contribution in [1.82, 2.24) is 4.57 Å². The Morgan fingerprint density at radius 3 is 2.64 bits per heavy atom. The van der Waals surface area contributed by atoms with Crippen molar-refractivity contribution in [2.24, 2.45) is 0 Å². The van der Waals surface area contributed by atoms with Crippen LogP contribution in [0.2, 0.25) is 0 Å². The predicted molar refractivity (Wildman–Crippen MR) is 92.3 cm³/mol. The normalized spacial score (nSPS) is 11.3. The average molecular weight is 292 g/mol. The molecule has 0 saturated heterocycles. The number of carbonyl (C=O) groups excluding carboxylic acids is 1. The van der Waals surface area contributed by atoms with Gasteiger partial charge < -0.3 is 0 Å². The number of unbranched alkanes of at least 4 members (excludes halogenated alkanes) is 4. The van der Waals surface area contributed by atoms with E-state index in [-0.39, 0.29) is 5.91 Å². The Morgan fingerprint density at radius 2 is 1.77 bits per heavy atom. The van der Waals surface area contributed by atoms with E-state index in [4.69, 9.17) is 0 Å². The maximum absolute atomic E-state index is 12.7. The second kappa shape index (κ2) is 6.78. The van der Waals surface area contributed by atoms with Gasteiger partial charge in [-0.25, -0.2) is 0 Å². The third-order valence-corrected chi connectivity index (χ3v) is 4.26. The molecule has 0 N–H and O–H groups in total. The lowest BCUT2D eigenvalue weighted by Gasteiger charge is -2.06. The Hall–Kier alpha value is -2.09. The largest absolute Gasteiger partial charge is 0.280 e. The fourth-order valence-electron chi connectivity index (χ4n) is 3.12. The summed E-state index contributed by atoms with van der Waals surface area (Å²) in [6.45, 7) is 2.21. The van der Waals surface area contributed by atoms with E-state index in [9.17, 15) is 4.79 Å². The molecule has 113 valence electrons. The summed E-state index contributed by atoms with van der Waals surface area (Å²) in [6, 6.07) is 17.1. The third-order valence-electron chi connectivity index (χ3n) is 4.26. The van der Waals surface area contributed by atoms with Gasteiger partial charge in [-0.05, 0) is 30.7 Å². The summed E-state index contributed by atoms with van der Waals surface area (Å²) in [4.78, 5) is 12.7. The first-order valence-electron chi connectivity index (χ1n) is 8.25. The summed E-state index contributed by atoms with van der Waals surface area (Å²) in [7, 11) is 0. The highest BCUT2D eigenvalue weighted by Crippen LogP contribution is 2.28. The van der Waals surface area contributed by atoms with Crippen LogP contribution in [0.5, 0.6) is 0 Å². The van der Waals surface area contributed by atoms with Crippen molar-refractivity contribution in [1.29, 1.82) is 0 Å². The molecule has 2 heteroatoms. The smallest absolute Gasteiger partial charge is 0.231 e. The van der Waals surface area contributed by atoms with Crippen LogP contribution in [0.25, 0.3) is 21.8 Å². The Bertz CT molecular complexity index is 731. The van der Waals surface area contributed by atoms with Crippen LogP contribution in [0.4, 0.5) is 0 Å². The Balaban J connectivity index is 1.90. The molecule has 2 nitrogen and oxygen atoms in total. The Kier molecular flexibility index (Phi) is 4.57. The van der Waals surface area contributed by atoms with E-state index in [1.807, 2.05) is 41.0 Å².